The smallest absolute Gasteiger partial charge is 0.329 e. The number of hydrogen-bond donors (Lipinski definition) is 3. The van der Waals surface area contributed by atoms with Crippen molar-refractivity contribution >= 4 is 11.9 Å². The maximum absolute atomic E-state index is 10.7. The third kappa shape index (κ3) is 4.20. The highest BCUT2D eigenvalue weighted by Gasteiger charge is 2.25. The van der Waals surface area contributed by atoms with Gasteiger partial charge in [0.05, 0.1) is 0 Å². The van der Waals surface area contributed by atoms with Crippen molar-refractivity contribution in [1.82, 2.24) is 5.06 Å². The van der Waals surface area contributed by atoms with Crippen LogP contribution in [0.1, 0.15) is 26.2 Å². The number of amides is 1. The highest BCUT2D eigenvalue weighted by molar-refractivity contribution is 5.81. The van der Waals surface area contributed by atoms with Crippen LogP contribution in [0.25, 0.3) is 0 Å². The first-order valence-corrected chi connectivity index (χ1v) is 4.42. The molecule has 1 atom stereocenters. The van der Waals surface area contributed by atoms with Crippen molar-refractivity contribution in [1.29, 1.82) is 0 Å². The second-order valence-corrected chi connectivity index (χ2v) is 3.00. The van der Waals surface area contributed by atoms with E-state index in [4.69, 9.17) is 16.0 Å². The molecule has 0 saturated carbocycles. The van der Waals surface area contributed by atoms with Gasteiger partial charge in [0.15, 0.2) is 6.04 Å². The number of unbranched alkanes of at least 4 members (excludes halogenated alkanes) is 1. The number of hydrogen-bond acceptors (Lipinski definition) is 4. The lowest BCUT2D eigenvalue weighted by Gasteiger charge is -2.20. The molecule has 6 heteroatoms. The number of carbonyl (C=O) groups is 2. The fourth-order valence-electron chi connectivity index (χ4n) is 1.05. The van der Waals surface area contributed by atoms with Crippen LogP contribution in [0.2, 0.25) is 0 Å². The van der Waals surface area contributed by atoms with Gasteiger partial charge in [0, 0.05) is 6.92 Å². The van der Waals surface area contributed by atoms with Crippen molar-refractivity contribution in [2.75, 3.05) is 6.54 Å². The third-order valence-electron chi connectivity index (χ3n) is 1.83. The number of carboxylic acids is 1. The summed E-state index contributed by atoms with van der Waals surface area (Å²) in [5, 5.41) is 18.1. The summed E-state index contributed by atoms with van der Waals surface area (Å²) < 4.78 is 0. The predicted octanol–water partition coefficient (Wildman–Crippen LogP) is -0.194. The van der Waals surface area contributed by atoms with Crippen molar-refractivity contribution in [3.8, 4) is 0 Å². The van der Waals surface area contributed by atoms with E-state index in [1.807, 2.05) is 0 Å². The highest BCUT2D eigenvalue weighted by atomic mass is 16.5. The molecule has 0 rings (SSSR count). The molecule has 0 radical (unpaired) electrons. The van der Waals surface area contributed by atoms with Crippen LogP contribution in [0.3, 0.4) is 0 Å². The Morgan fingerprint density at radius 1 is 1.43 bits per heavy atom. The summed E-state index contributed by atoms with van der Waals surface area (Å²) in [4.78, 5) is 21.4. The first-order chi connectivity index (χ1) is 6.50. The van der Waals surface area contributed by atoms with Crippen molar-refractivity contribution in [2.24, 2.45) is 5.73 Å². The molecule has 0 aliphatic rings. The molecular weight excluding hydrogens is 188 g/mol. The summed E-state index contributed by atoms with van der Waals surface area (Å²) in [7, 11) is 0. The van der Waals surface area contributed by atoms with E-state index in [9.17, 15) is 9.59 Å². The Kier molecular flexibility index (Phi) is 5.82. The van der Waals surface area contributed by atoms with Gasteiger partial charge >= 0.3 is 5.97 Å². The Morgan fingerprint density at radius 3 is 2.36 bits per heavy atom. The molecule has 6 nitrogen and oxygen atoms in total. The summed E-state index contributed by atoms with van der Waals surface area (Å²) in [6, 6.07) is -1.17. The number of carboxylic acid groups (broad SMARTS) is 1. The summed E-state index contributed by atoms with van der Waals surface area (Å²) in [6.07, 6.45) is 1.45. The molecule has 0 saturated heterocycles. The molecule has 82 valence electrons. The number of aliphatic carboxylic acids is 1. The molecule has 0 bridgehead atoms. The molecule has 0 aromatic rings. The summed E-state index contributed by atoms with van der Waals surface area (Å²) in [5.41, 5.74) is 5.24. The first-order valence-electron chi connectivity index (χ1n) is 4.42. The molecule has 0 aliphatic heterocycles. The summed E-state index contributed by atoms with van der Waals surface area (Å²) in [5.74, 6) is -1.88. The molecular formula is C8H16N2O4. The van der Waals surface area contributed by atoms with E-state index < -0.39 is 17.9 Å². The van der Waals surface area contributed by atoms with E-state index in [2.05, 4.69) is 0 Å². The summed E-state index contributed by atoms with van der Waals surface area (Å²) in [6.45, 7) is 1.58. The topological polar surface area (TPSA) is 104 Å². The van der Waals surface area contributed by atoms with Crippen LogP contribution in [0.4, 0.5) is 0 Å². The number of nitrogens with two attached hydrogens (primary N) is 1. The quantitative estimate of drug-likeness (QED) is 0.316. The van der Waals surface area contributed by atoms with Gasteiger partial charge in [-0.2, -0.15) is 0 Å². The minimum Gasteiger partial charge on any atom is -0.480 e. The second-order valence-electron chi connectivity index (χ2n) is 3.00. The van der Waals surface area contributed by atoms with Gasteiger partial charge in [-0.3, -0.25) is 10.0 Å². The van der Waals surface area contributed by atoms with Gasteiger partial charge in [-0.25, -0.2) is 9.86 Å². The molecule has 0 aliphatic carbocycles. The number of carbonyl (C=O) groups excluding carboxylic acids is 1. The largest absolute Gasteiger partial charge is 0.480 e. The minimum absolute atomic E-state index is 0.211. The fraction of sp³-hybridized carbons (Fsp3) is 0.750. The second kappa shape index (κ2) is 6.33. The van der Waals surface area contributed by atoms with Crippen molar-refractivity contribution < 1.29 is 19.9 Å². The van der Waals surface area contributed by atoms with E-state index in [0.29, 0.717) is 19.4 Å². The van der Waals surface area contributed by atoms with Gasteiger partial charge in [0.25, 0.3) is 0 Å². The van der Waals surface area contributed by atoms with Crippen LogP contribution in [0.15, 0.2) is 0 Å². The Hall–Kier alpha value is -1.14. The lowest BCUT2D eigenvalue weighted by molar-refractivity contribution is -0.184. The monoisotopic (exact) mass is 204 g/mol. The number of rotatable bonds is 6. The SMILES string of the molecule is CC(=O)N(O)[C@@H](CCCCN)C(=O)O. The molecule has 0 aromatic carbocycles. The molecule has 1 amide bonds. The van der Waals surface area contributed by atoms with E-state index in [-0.39, 0.29) is 11.5 Å². The zero-order chi connectivity index (χ0) is 11.1. The maximum atomic E-state index is 10.7. The molecule has 14 heavy (non-hydrogen) atoms. The number of hydroxylamine groups is 2. The van der Waals surface area contributed by atoms with Gasteiger partial charge in [-0.1, -0.05) is 0 Å². The predicted molar refractivity (Wildman–Crippen MR) is 48.6 cm³/mol. The average Bonchev–Trinajstić information content (AvgIpc) is 2.10. The van der Waals surface area contributed by atoms with E-state index >= 15 is 0 Å². The molecule has 0 fully saturated rings. The fourth-order valence-corrected chi connectivity index (χ4v) is 1.05. The first kappa shape index (κ1) is 12.9. The average molecular weight is 204 g/mol. The van der Waals surface area contributed by atoms with Gasteiger partial charge in [-0.15, -0.1) is 0 Å². The molecule has 0 aromatic heterocycles. The van der Waals surface area contributed by atoms with Crippen LogP contribution in [-0.4, -0.2) is 39.8 Å². The Labute approximate surface area is 82.3 Å². The normalized spacial score (nSPS) is 12.2. The minimum atomic E-state index is -1.21. The van der Waals surface area contributed by atoms with Crippen molar-refractivity contribution in [2.45, 2.75) is 32.2 Å². The van der Waals surface area contributed by atoms with Crippen LogP contribution in [-0.2, 0) is 9.59 Å². The lowest BCUT2D eigenvalue weighted by Crippen LogP contribution is -2.41. The molecule has 0 unspecified atom stereocenters. The van der Waals surface area contributed by atoms with Gasteiger partial charge in [-0.05, 0) is 25.8 Å². The molecule has 4 N–H and O–H groups in total. The van der Waals surface area contributed by atoms with Gasteiger partial charge in [0.1, 0.15) is 0 Å². The van der Waals surface area contributed by atoms with E-state index in [1.165, 1.54) is 0 Å². The summed E-state index contributed by atoms with van der Waals surface area (Å²) >= 11 is 0. The molecule has 0 spiro atoms. The van der Waals surface area contributed by atoms with Crippen molar-refractivity contribution in [3.05, 3.63) is 0 Å². The zero-order valence-electron chi connectivity index (χ0n) is 8.14. The van der Waals surface area contributed by atoms with Crippen molar-refractivity contribution in [3.63, 3.8) is 0 Å². The molecule has 0 heterocycles. The van der Waals surface area contributed by atoms with Gasteiger partial charge in [0.2, 0.25) is 5.91 Å². The Balaban J connectivity index is 4.15. The zero-order valence-corrected chi connectivity index (χ0v) is 8.14. The Morgan fingerprint density at radius 2 is 2.00 bits per heavy atom. The number of nitrogens with zero attached hydrogens (tertiary/aromatic N) is 1. The van der Waals surface area contributed by atoms with Crippen LogP contribution >= 0.6 is 0 Å². The van der Waals surface area contributed by atoms with E-state index in [0.717, 1.165) is 6.92 Å². The standard InChI is InChI=1S/C8H16N2O4/c1-6(11)10(14)7(8(12)13)4-2-3-5-9/h7,14H,2-5,9H2,1H3,(H,12,13)/t7-/m0/s1. The van der Waals surface area contributed by atoms with Crippen LogP contribution < -0.4 is 5.73 Å². The van der Waals surface area contributed by atoms with Crippen LogP contribution in [0, 0.1) is 0 Å². The van der Waals surface area contributed by atoms with E-state index in [1.54, 1.807) is 0 Å². The maximum Gasteiger partial charge on any atom is 0.329 e. The Bertz CT molecular complexity index is 208. The van der Waals surface area contributed by atoms with Crippen LogP contribution in [0.5, 0.6) is 0 Å². The highest BCUT2D eigenvalue weighted by Crippen LogP contribution is 2.07. The van der Waals surface area contributed by atoms with Gasteiger partial charge < -0.3 is 10.8 Å². The lowest BCUT2D eigenvalue weighted by atomic mass is 10.1. The third-order valence-corrected chi connectivity index (χ3v) is 1.83.